The third kappa shape index (κ3) is 6.22. The van der Waals surface area contributed by atoms with Crippen LogP contribution in [0.1, 0.15) is 56.5 Å². The summed E-state index contributed by atoms with van der Waals surface area (Å²) in [7, 11) is 0. The largest absolute Gasteiger partial charge is 0.494 e. The summed E-state index contributed by atoms with van der Waals surface area (Å²) in [6.07, 6.45) is -0.432. The highest BCUT2D eigenvalue weighted by Gasteiger charge is 2.38. The van der Waals surface area contributed by atoms with Crippen LogP contribution in [0.2, 0.25) is 0 Å². The Morgan fingerprint density at radius 1 is 0.766 bits per heavy atom. The molecule has 0 radical (unpaired) electrons. The smallest absolute Gasteiger partial charge is 0.260 e. The Kier molecular flexibility index (Phi) is 8.71. The monoisotopic (exact) mass is 622 g/mol. The van der Waals surface area contributed by atoms with Crippen molar-refractivity contribution in [3.63, 3.8) is 0 Å². The molecule has 7 rings (SSSR count). The molecule has 0 bridgehead atoms. The molecule has 1 fully saturated rings. The van der Waals surface area contributed by atoms with E-state index >= 15 is 0 Å². The van der Waals surface area contributed by atoms with E-state index in [0.717, 1.165) is 35.8 Å². The molecule has 0 spiro atoms. The molecule has 2 aliphatic rings. The average molecular weight is 623 g/mol. The maximum absolute atomic E-state index is 13.8. The standard InChI is InChI=1S/C40H38N4O3/c1-2-47-34-22-20-33(21-23-34)44-38(35-18-9-10-19-36(35)40(44)46)41-32-17-11-16-31(28-32)39(45)43-26-24-42(25-27-43)37(29-12-5-3-6-13-29)30-14-7-4-8-15-30/h3-23,28,37-38,41H,2,24-27H2,1H3. The van der Waals surface area contributed by atoms with E-state index in [4.69, 9.17) is 4.74 Å². The number of nitrogens with one attached hydrogen (secondary N) is 1. The van der Waals surface area contributed by atoms with E-state index in [-0.39, 0.29) is 17.9 Å². The van der Waals surface area contributed by atoms with Gasteiger partial charge in [-0.2, -0.15) is 0 Å². The Morgan fingerprint density at radius 3 is 2.06 bits per heavy atom. The Hall–Kier alpha value is -5.40. The fourth-order valence-corrected chi connectivity index (χ4v) is 6.74. The SMILES string of the molecule is CCOc1ccc(N2C(=O)c3ccccc3C2Nc2cccc(C(=O)N3CCN(C(c4ccccc4)c4ccccc4)CC3)c2)cc1. The van der Waals surface area contributed by atoms with E-state index in [0.29, 0.717) is 30.8 Å². The lowest BCUT2D eigenvalue weighted by Crippen LogP contribution is -2.49. The van der Waals surface area contributed by atoms with Gasteiger partial charge in [-0.05, 0) is 66.6 Å². The van der Waals surface area contributed by atoms with Crippen LogP contribution < -0.4 is 15.0 Å². The van der Waals surface area contributed by atoms with Crippen LogP contribution in [0.15, 0.2) is 133 Å². The van der Waals surface area contributed by atoms with Gasteiger partial charge >= 0.3 is 0 Å². The molecule has 0 aromatic heterocycles. The highest BCUT2D eigenvalue weighted by atomic mass is 16.5. The van der Waals surface area contributed by atoms with Crippen molar-refractivity contribution in [1.82, 2.24) is 9.80 Å². The van der Waals surface area contributed by atoms with E-state index in [1.165, 1.54) is 11.1 Å². The molecule has 5 aromatic carbocycles. The first-order chi connectivity index (χ1) is 23.1. The number of benzene rings is 5. The minimum absolute atomic E-state index is 0.00976. The second kappa shape index (κ2) is 13.5. The maximum atomic E-state index is 13.8. The zero-order chi connectivity index (χ0) is 32.2. The van der Waals surface area contributed by atoms with E-state index in [2.05, 4.69) is 58.7 Å². The Bertz CT molecular complexity index is 1800. The van der Waals surface area contributed by atoms with Crippen LogP contribution >= 0.6 is 0 Å². The fraction of sp³-hybridized carbons (Fsp3) is 0.200. The third-order valence-electron chi connectivity index (χ3n) is 9.00. The molecule has 1 unspecified atom stereocenters. The molecule has 236 valence electrons. The predicted octanol–water partition coefficient (Wildman–Crippen LogP) is 7.40. The number of anilines is 2. The van der Waals surface area contributed by atoms with E-state index in [1.807, 2.05) is 96.8 Å². The van der Waals surface area contributed by atoms with Crippen molar-refractivity contribution in [1.29, 1.82) is 0 Å². The first kappa shape index (κ1) is 30.3. The van der Waals surface area contributed by atoms with Crippen molar-refractivity contribution in [3.8, 4) is 5.75 Å². The number of rotatable bonds is 9. The number of hydrogen-bond donors (Lipinski definition) is 1. The van der Waals surface area contributed by atoms with E-state index in [9.17, 15) is 9.59 Å². The number of hydrogen-bond acceptors (Lipinski definition) is 5. The minimum Gasteiger partial charge on any atom is -0.494 e. The van der Waals surface area contributed by atoms with Crippen LogP contribution in [0, 0.1) is 0 Å². The van der Waals surface area contributed by atoms with Crippen molar-refractivity contribution in [2.75, 3.05) is 43.0 Å². The van der Waals surface area contributed by atoms with Crippen LogP contribution in [-0.4, -0.2) is 54.4 Å². The van der Waals surface area contributed by atoms with Crippen LogP contribution in [0.4, 0.5) is 11.4 Å². The first-order valence-corrected chi connectivity index (χ1v) is 16.3. The second-order valence-electron chi connectivity index (χ2n) is 11.9. The number of carbonyl (C=O) groups excluding carboxylic acids is 2. The summed E-state index contributed by atoms with van der Waals surface area (Å²) in [4.78, 5) is 33.7. The molecular formula is C40H38N4O3. The molecular weight excluding hydrogens is 584 g/mol. The van der Waals surface area contributed by atoms with Gasteiger partial charge in [0.05, 0.1) is 12.6 Å². The molecule has 2 heterocycles. The van der Waals surface area contributed by atoms with Crippen molar-refractivity contribution >= 4 is 23.2 Å². The molecule has 5 aromatic rings. The maximum Gasteiger partial charge on any atom is 0.260 e. The molecule has 0 saturated carbocycles. The van der Waals surface area contributed by atoms with Gasteiger partial charge in [0, 0.05) is 54.2 Å². The van der Waals surface area contributed by atoms with Gasteiger partial charge in [-0.15, -0.1) is 0 Å². The summed E-state index contributed by atoms with van der Waals surface area (Å²) < 4.78 is 5.62. The molecule has 1 atom stereocenters. The Morgan fingerprint density at radius 2 is 1.40 bits per heavy atom. The van der Waals surface area contributed by atoms with Gasteiger partial charge in [0.2, 0.25) is 0 Å². The van der Waals surface area contributed by atoms with Gasteiger partial charge in [-0.25, -0.2) is 0 Å². The summed E-state index contributed by atoms with van der Waals surface area (Å²) in [5, 5.41) is 3.57. The summed E-state index contributed by atoms with van der Waals surface area (Å²) in [6, 6.07) is 44.2. The Labute approximate surface area is 276 Å². The van der Waals surface area contributed by atoms with Gasteiger partial charge in [-0.1, -0.05) is 84.9 Å². The molecule has 1 N–H and O–H groups in total. The first-order valence-electron chi connectivity index (χ1n) is 16.3. The molecule has 7 nitrogen and oxygen atoms in total. The quantitative estimate of drug-likeness (QED) is 0.186. The van der Waals surface area contributed by atoms with Crippen molar-refractivity contribution in [3.05, 3.63) is 161 Å². The van der Waals surface area contributed by atoms with Crippen LogP contribution in [0.3, 0.4) is 0 Å². The molecule has 2 aliphatic heterocycles. The number of ether oxygens (including phenoxy) is 1. The summed E-state index contributed by atoms with van der Waals surface area (Å²) in [5.41, 5.74) is 6.22. The topological polar surface area (TPSA) is 65.1 Å². The number of piperazine rings is 1. The fourth-order valence-electron chi connectivity index (χ4n) is 6.74. The summed E-state index contributed by atoms with van der Waals surface area (Å²) in [5.74, 6) is 0.694. The highest BCUT2D eigenvalue weighted by Crippen LogP contribution is 2.39. The van der Waals surface area contributed by atoms with Crippen LogP contribution in [0.5, 0.6) is 5.75 Å². The molecule has 1 saturated heterocycles. The van der Waals surface area contributed by atoms with E-state index < -0.39 is 6.17 Å². The van der Waals surface area contributed by atoms with Crippen molar-refractivity contribution in [2.24, 2.45) is 0 Å². The minimum atomic E-state index is -0.432. The molecule has 0 aliphatic carbocycles. The third-order valence-corrected chi connectivity index (χ3v) is 9.00. The molecule has 2 amide bonds. The van der Waals surface area contributed by atoms with Gasteiger partial charge in [0.15, 0.2) is 0 Å². The number of amides is 2. The summed E-state index contributed by atoms with van der Waals surface area (Å²) >= 11 is 0. The van der Waals surface area contributed by atoms with Crippen LogP contribution in [0.25, 0.3) is 0 Å². The van der Waals surface area contributed by atoms with Gasteiger partial charge in [-0.3, -0.25) is 19.4 Å². The molecule has 7 heteroatoms. The number of nitrogens with zero attached hydrogens (tertiary/aromatic N) is 3. The zero-order valence-corrected chi connectivity index (χ0v) is 26.5. The lowest BCUT2D eigenvalue weighted by molar-refractivity contribution is 0.0597. The van der Waals surface area contributed by atoms with Gasteiger partial charge in [0.1, 0.15) is 11.9 Å². The van der Waals surface area contributed by atoms with Crippen LogP contribution in [-0.2, 0) is 0 Å². The van der Waals surface area contributed by atoms with Crippen molar-refractivity contribution < 1.29 is 14.3 Å². The normalized spacial score (nSPS) is 16.3. The lowest BCUT2D eigenvalue weighted by Gasteiger charge is -2.40. The van der Waals surface area contributed by atoms with Gasteiger partial charge < -0.3 is 15.0 Å². The Balaban J connectivity index is 1.08. The molecule has 47 heavy (non-hydrogen) atoms. The zero-order valence-electron chi connectivity index (χ0n) is 26.5. The number of fused-ring (bicyclic) bond motifs is 1. The number of carbonyl (C=O) groups is 2. The van der Waals surface area contributed by atoms with Gasteiger partial charge in [0.25, 0.3) is 11.8 Å². The predicted molar refractivity (Wildman–Crippen MR) is 186 cm³/mol. The average Bonchev–Trinajstić information content (AvgIpc) is 3.40. The lowest BCUT2D eigenvalue weighted by atomic mass is 9.96. The summed E-state index contributed by atoms with van der Waals surface area (Å²) in [6.45, 7) is 5.35. The van der Waals surface area contributed by atoms with E-state index in [1.54, 1.807) is 4.90 Å². The van der Waals surface area contributed by atoms with Crippen molar-refractivity contribution in [2.45, 2.75) is 19.1 Å². The second-order valence-corrected chi connectivity index (χ2v) is 11.9. The highest BCUT2D eigenvalue weighted by molar-refractivity contribution is 6.11.